The van der Waals surface area contributed by atoms with Crippen LogP contribution in [0.2, 0.25) is 0 Å². The Balaban J connectivity index is 2.87. The molecule has 0 bridgehead atoms. The van der Waals surface area contributed by atoms with Gasteiger partial charge in [-0.15, -0.1) is 11.3 Å². The first-order chi connectivity index (χ1) is 7.06. The summed E-state index contributed by atoms with van der Waals surface area (Å²) in [4.78, 5) is 14.9. The van der Waals surface area contributed by atoms with Gasteiger partial charge < -0.3 is 15.6 Å². The lowest BCUT2D eigenvalue weighted by molar-refractivity contribution is -0.142. The largest absolute Gasteiger partial charge is 0.480 e. The first-order valence-corrected chi connectivity index (χ1v) is 5.94. The highest BCUT2D eigenvalue weighted by atomic mass is 79.9. The van der Waals surface area contributed by atoms with E-state index in [1.54, 1.807) is 12.3 Å². The summed E-state index contributed by atoms with van der Waals surface area (Å²) in [5.74, 6) is -1.10. The van der Waals surface area contributed by atoms with Crippen LogP contribution in [-0.4, -0.2) is 28.7 Å². The van der Waals surface area contributed by atoms with Crippen molar-refractivity contribution in [2.24, 2.45) is 5.73 Å². The number of carboxylic acids is 1. The van der Waals surface area contributed by atoms with Crippen molar-refractivity contribution in [3.05, 3.63) is 15.0 Å². The molecule has 0 spiro atoms. The molecule has 1 aromatic rings. The van der Waals surface area contributed by atoms with Gasteiger partial charge in [0.1, 0.15) is 21.8 Å². The summed E-state index contributed by atoms with van der Waals surface area (Å²) < 4.78 is 5.94. The molecule has 0 aliphatic carbocycles. The zero-order valence-corrected chi connectivity index (χ0v) is 10.4. The Kier molecular flexibility index (Phi) is 4.65. The zero-order chi connectivity index (χ0) is 11.4. The van der Waals surface area contributed by atoms with E-state index >= 15 is 0 Å². The van der Waals surface area contributed by atoms with Crippen molar-refractivity contribution in [3.8, 4) is 0 Å². The standard InChI is InChI=1S/C8H11BrN2O3S/c1-2-14-6(5(10)8(12)13)7-11-4(9)3-15-7/h3,5-6H,2,10H2,1H3,(H,12,13)/t5-,6-/m0/s1. The van der Waals surface area contributed by atoms with E-state index in [4.69, 9.17) is 15.6 Å². The fraction of sp³-hybridized carbons (Fsp3) is 0.500. The second-order valence-corrected chi connectivity index (χ2v) is 4.45. The summed E-state index contributed by atoms with van der Waals surface area (Å²) in [6, 6.07) is -1.09. The van der Waals surface area contributed by atoms with Crippen molar-refractivity contribution in [2.75, 3.05) is 6.61 Å². The topological polar surface area (TPSA) is 85.4 Å². The average molecular weight is 295 g/mol. The van der Waals surface area contributed by atoms with Gasteiger partial charge in [-0.1, -0.05) is 0 Å². The fourth-order valence-electron chi connectivity index (χ4n) is 1.04. The number of hydrogen-bond donors (Lipinski definition) is 2. The molecule has 3 N–H and O–H groups in total. The molecule has 0 saturated carbocycles. The molecule has 0 fully saturated rings. The summed E-state index contributed by atoms with van der Waals surface area (Å²) in [6.07, 6.45) is -0.691. The van der Waals surface area contributed by atoms with Crippen molar-refractivity contribution in [3.63, 3.8) is 0 Å². The molecule has 5 nitrogen and oxygen atoms in total. The Labute approximate surface area is 99.4 Å². The highest BCUT2D eigenvalue weighted by molar-refractivity contribution is 9.10. The molecule has 15 heavy (non-hydrogen) atoms. The maximum atomic E-state index is 10.8. The second kappa shape index (κ2) is 5.55. The Morgan fingerprint density at radius 1 is 1.87 bits per heavy atom. The SMILES string of the molecule is CCO[C@H](c1nc(Br)cs1)[C@H](N)C(=O)O. The molecule has 0 aliphatic heterocycles. The smallest absolute Gasteiger partial charge is 0.323 e. The number of nitrogens with zero attached hydrogens (tertiary/aromatic N) is 1. The summed E-state index contributed by atoms with van der Waals surface area (Å²) in [5.41, 5.74) is 5.51. The number of ether oxygens (including phenoxy) is 1. The highest BCUT2D eigenvalue weighted by Crippen LogP contribution is 2.26. The van der Waals surface area contributed by atoms with E-state index in [0.29, 0.717) is 16.2 Å². The molecule has 0 amide bonds. The number of hydrogen-bond acceptors (Lipinski definition) is 5. The van der Waals surface area contributed by atoms with Crippen molar-refractivity contribution < 1.29 is 14.6 Å². The van der Waals surface area contributed by atoms with Crippen molar-refractivity contribution in [1.29, 1.82) is 0 Å². The van der Waals surface area contributed by atoms with E-state index in [1.165, 1.54) is 11.3 Å². The van der Waals surface area contributed by atoms with E-state index in [2.05, 4.69) is 20.9 Å². The van der Waals surface area contributed by atoms with Crippen LogP contribution in [0.1, 0.15) is 18.0 Å². The molecule has 1 heterocycles. The molecule has 0 aromatic carbocycles. The molecule has 0 unspecified atom stereocenters. The molecule has 1 aromatic heterocycles. The lowest BCUT2D eigenvalue weighted by Gasteiger charge is -2.18. The van der Waals surface area contributed by atoms with Crippen LogP contribution in [0, 0.1) is 0 Å². The molecule has 0 radical (unpaired) electrons. The first kappa shape index (κ1) is 12.6. The van der Waals surface area contributed by atoms with Crippen LogP contribution in [0.15, 0.2) is 9.98 Å². The maximum absolute atomic E-state index is 10.8. The number of nitrogens with two attached hydrogens (primary N) is 1. The first-order valence-electron chi connectivity index (χ1n) is 4.27. The van der Waals surface area contributed by atoms with Crippen LogP contribution in [0.3, 0.4) is 0 Å². The monoisotopic (exact) mass is 294 g/mol. The van der Waals surface area contributed by atoms with E-state index in [9.17, 15) is 4.79 Å². The summed E-state index contributed by atoms with van der Waals surface area (Å²) in [5, 5.41) is 11.1. The van der Waals surface area contributed by atoms with E-state index < -0.39 is 18.1 Å². The molecule has 0 aliphatic rings. The van der Waals surface area contributed by atoms with Gasteiger partial charge in [0.25, 0.3) is 0 Å². The van der Waals surface area contributed by atoms with Crippen molar-refractivity contribution in [2.45, 2.75) is 19.1 Å². The molecular formula is C8H11BrN2O3S. The van der Waals surface area contributed by atoms with Gasteiger partial charge in [0, 0.05) is 12.0 Å². The normalized spacial score (nSPS) is 14.9. The van der Waals surface area contributed by atoms with Gasteiger partial charge in [-0.3, -0.25) is 4.79 Å². The molecule has 7 heteroatoms. The van der Waals surface area contributed by atoms with Gasteiger partial charge in [0.2, 0.25) is 0 Å². The lowest BCUT2D eigenvalue weighted by atomic mass is 10.2. The van der Waals surface area contributed by atoms with Gasteiger partial charge >= 0.3 is 5.97 Å². The minimum atomic E-state index is -1.10. The van der Waals surface area contributed by atoms with Crippen LogP contribution < -0.4 is 5.73 Å². The number of carbonyl (C=O) groups is 1. The Morgan fingerprint density at radius 2 is 2.53 bits per heavy atom. The molecule has 2 atom stereocenters. The van der Waals surface area contributed by atoms with Gasteiger partial charge in [-0.05, 0) is 22.9 Å². The predicted octanol–water partition coefficient (Wildman–Crippen LogP) is 1.40. The molecule has 0 saturated heterocycles. The van der Waals surface area contributed by atoms with E-state index in [1.807, 2.05) is 0 Å². The number of thiazole rings is 1. The van der Waals surface area contributed by atoms with E-state index in [-0.39, 0.29) is 0 Å². The van der Waals surface area contributed by atoms with Crippen LogP contribution >= 0.6 is 27.3 Å². The Morgan fingerprint density at radius 3 is 2.93 bits per heavy atom. The average Bonchev–Trinajstić information content (AvgIpc) is 2.60. The Hall–Kier alpha value is -0.500. The minimum Gasteiger partial charge on any atom is -0.480 e. The lowest BCUT2D eigenvalue weighted by Crippen LogP contribution is -2.37. The van der Waals surface area contributed by atoms with Crippen LogP contribution in [-0.2, 0) is 9.53 Å². The molecule has 84 valence electrons. The number of carboxylic acid groups (broad SMARTS) is 1. The molecular weight excluding hydrogens is 284 g/mol. The highest BCUT2D eigenvalue weighted by Gasteiger charge is 2.28. The van der Waals surface area contributed by atoms with Gasteiger partial charge in [0.15, 0.2) is 0 Å². The minimum absolute atomic E-state index is 0.392. The number of aliphatic carboxylic acids is 1. The Bertz CT molecular complexity index is 344. The second-order valence-electron chi connectivity index (χ2n) is 2.75. The number of rotatable bonds is 5. The van der Waals surface area contributed by atoms with Gasteiger partial charge in [0.05, 0.1) is 0 Å². The van der Waals surface area contributed by atoms with Crippen LogP contribution in [0.4, 0.5) is 0 Å². The zero-order valence-electron chi connectivity index (χ0n) is 8.01. The summed E-state index contributed by atoms with van der Waals surface area (Å²) >= 11 is 4.51. The predicted molar refractivity (Wildman–Crippen MR) is 59.8 cm³/mol. The number of halogens is 1. The van der Waals surface area contributed by atoms with Crippen molar-refractivity contribution in [1.82, 2.24) is 4.98 Å². The fourth-order valence-corrected chi connectivity index (χ4v) is 2.39. The quantitative estimate of drug-likeness (QED) is 0.857. The third-order valence-electron chi connectivity index (χ3n) is 1.69. The summed E-state index contributed by atoms with van der Waals surface area (Å²) in [6.45, 7) is 2.17. The van der Waals surface area contributed by atoms with Crippen LogP contribution in [0.5, 0.6) is 0 Å². The molecule has 1 rings (SSSR count). The van der Waals surface area contributed by atoms with Crippen molar-refractivity contribution >= 4 is 33.2 Å². The maximum Gasteiger partial charge on any atom is 0.323 e. The van der Waals surface area contributed by atoms with Gasteiger partial charge in [-0.2, -0.15) is 0 Å². The van der Waals surface area contributed by atoms with Gasteiger partial charge in [-0.25, -0.2) is 4.98 Å². The van der Waals surface area contributed by atoms with E-state index in [0.717, 1.165) is 0 Å². The third kappa shape index (κ3) is 3.23. The van der Waals surface area contributed by atoms with Crippen LogP contribution in [0.25, 0.3) is 0 Å². The number of aromatic nitrogens is 1. The summed E-state index contributed by atoms with van der Waals surface area (Å²) in [7, 11) is 0. The third-order valence-corrected chi connectivity index (χ3v) is 3.31.